The highest BCUT2D eigenvalue weighted by molar-refractivity contribution is 5.94. The minimum Gasteiger partial charge on any atom is -0.340 e. The van der Waals surface area contributed by atoms with Gasteiger partial charge in [0, 0.05) is 49.8 Å². The van der Waals surface area contributed by atoms with E-state index in [1.807, 2.05) is 35.4 Å². The van der Waals surface area contributed by atoms with Crippen LogP contribution in [0.1, 0.15) is 48.9 Å². The molecule has 3 aromatic rings. The van der Waals surface area contributed by atoms with Gasteiger partial charge in [-0.05, 0) is 62.8 Å². The molecule has 8 heteroatoms. The van der Waals surface area contributed by atoms with Gasteiger partial charge in [0.1, 0.15) is 0 Å². The fourth-order valence-corrected chi connectivity index (χ4v) is 4.24. The Morgan fingerprint density at radius 2 is 1.60 bits per heavy atom. The molecule has 2 aromatic heterocycles. The van der Waals surface area contributed by atoms with Gasteiger partial charge >= 0.3 is 0 Å². The number of anilines is 3. The van der Waals surface area contributed by atoms with E-state index < -0.39 is 0 Å². The molecule has 1 aromatic carbocycles. The molecule has 30 heavy (non-hydrogen) atoms. The number of amides is 1. The lowest BCUT2D eigenvalue weighted by Crippen LogP contribution is -2.35. The molecular formula is C22H27N7O. The molecule has 2 aliphatic rings. The van der Waals surface area contributed by atoms with Crippen LogP contribution in [0.4, 0.5) is 17.5 Å². The number of carbonyl (C=O) groups is 1. The molecule has 0 unspecified atom stereocenters. The average molecular weight is 406 g/mol. The van der Waals surface area contributed by atoms with Crippen LogP contribution in [-0.4, -0.2) is 56.6 Å². The van der Waals surface area contributed by atoms with Crippen molar-refractivity contribution in [2.75, 3.05) is 36.4 Å². The Balaban J connectivity index is 1.37. The van der Waals surface area contributed by atoms with E-state index in [2.05, 4.69) is 20.3 Å². The van der Waals surface area contributed by atoms with Gasteiger partial charge in [-0.25, -0.2) is 9.50 Å². The summed E-state index contributed by atoms with van der Waals surface area (Å²) in [5, 5.41) is 8.00. The zero-order chi connectivity index (χ0) is 20.3. The second kappa shape index (κ2) is 8.30. The Morgan fingerprint density at radius 3 is 2.33 bits per heavy atom. The molecule has 4 heterocycles. The molecule has 0 atom stereocenters. The summed E-state index contributed by atoms with van der Waals surface area (Å²) in [7, 11) is 0. The Labute approximate surface area is 175 Å². The summed E-state index contributed by atoms with van der Waals surface area (Å²) in [6.07, 6.45) is 10.6. The van der Waals surface area contributed by atoms with E-state index in [1.165, 1.54) is 25.7 Å². The van der Waals surface area contributed by atoms with Gasteiger partial charge in [0.05, 0.1) is 0 Å². The van der Waals surface area contributed by atoms with E-state index in [4.69, 9.17) is 4.98 Å². The number of hydrogen-bond acceptors (Lipinski definition) is 6. The highest BCUT2D eigenvalue weighted by atomic mass is 16.2. The van der Waals surface area contributed by atoms with Crippen molar-refractivity contribution in [2.24, 2.45) is 0 Å². The molecule has 0 aliphatic carbocycles. The van der Waals surface area contributed by atoms with E-state index in [0.717, 1.165) is 56.2 Å². The number of hydrogen-bond donors (Lipinski definition) is 1. The zero-order valence-corrected chi connectivity index (χ0v) is 17.1. The number of imidazole rings is 1. The van der Waals surface area contributed by atoms with Crippen LogP contribution in [0.5, 0.6) is 0 Å². The van der Waals surface area contributed by atoms with Crippen molar-refractivity contribution in [3.63, 3.8) is 0 Å². The van der Waals surface area contributed by atoms with Crippen LogP contribution in [0.2, 0.25) is 0 Å². The van der Waals surface area contributed by atoms with Gasteiger partial charge in [-0.3, -0.25) is 4.79 Å². The first kappa shape index (κ1) is 18.8. The summed E-state index contributed by atoms with van der Waals surface area (Å²) in [5.74, 6) is 1.51. The molecule has 1 amide bonds. The Morgan fingerprint density at radius 1 is 0.900 bits per heavy atom. The summed E-state index contributed by atoms with van der Waals surface area (Å²) in [6, 6.07) is 7.63. The van der Waals surface area contributed by atoms with Crippen LogP contribution >= 0.6 is 0 Å². The first-order chi connectivity index (χ1) is 14.8. The van der Waals surface area contributed by atoms with Crippen molar-refractivity contribution in [3.05, 3.63) is 42.2 Å². The molecule has 1 N–H and O–H groups in total. The van der Waals surface area contributed by atoms with Crippen molar-refractivity contribution in [3.8, 4) is 0 Å². The Bertz CT molecular complexity index is 1020. The SMILES string of the molecule is O=C(c1ccc(Nc2nc(N3CCCCC3)nn3ccnc23)cc1)N1CCCCC1. The minimum absolute atomic E-state index is 0.117. The van der Waals surface area contributed by atoms with E-state index in [1.54, 1.807) is 10.7 Å². The molecule has 2 saturated heterocycles. The first-order valence-electron chi connectivity index (χ1n) is 10.9. The molecule has 2 aliphatic heterocycles. The van der Waals surface area contributed by atoms with Gasteiger partial charge in [-0.1, -0.05) is 0 Å². The third-order valence-electron chi connectivity index (χ3n) is 5.92. The fourth-order valence-electron chi connectivity index (χ4n) is 4.24. The lowest BCUT2D eigenvalue weighted by Gasteiger charge is -2.27. The third kappa shape index (κ3) is 3.81. The lowest BCUT2D eigenvalue weighted by molar-refractivity contribution is 0.0724. The molecule has 156 valence electrons. The summed E-state index contributed by atoms with van der Waals surface area (Å²) < 4.78 is 1.77. The fraction of sp³-hybridized carbons (Fsp3) is 0.455. The average Bonchev–Trinajstić information content (AvgIpc) is 3.29. The van der Waals surface area contributed by atoms with Crippen molar-refractivity contribution in [2.45, 2.75) is 38.5 Å². The summed E-state index contributed by atoms with van der Waals surface area (Å²) >= 11 is 0. The predicted molar refractivity (Wildman–Crippen MR) is 116 cm³/mol. The van der Waals surface area contributed by atoms with Gasteiger partial charge in [-0.15, -0.1) is 5.10 Å². The van der Waals surface area contributed by atoms with E-state index >= 15 is 0 Å². The van der Waals surface area contributed by atoms with Crippen molar-refractivity contribution >= 4 is 29.0 Å². The summed E-state index contributed by atoms with van der Waals surface area (Å²) in [5.41, 5.74) is 2.28. The number of fused-ring (bicyclic) bond motifs is 1. The molecule has 0 bridgehead atoms. The van der Waals surface area contributed by atoms with E-state index in [0.29, 0.717) is 11.5 Å². The number of nitrogens with one attached hydrogen (secondary N) is 1. The number of likely N-dealkylation sites (tertiary alicyclic amines) is 1. The zero-order valence-electron chi connectivity index (χ0n) is 17.1. The lowest BCUT2D eigenvalue weighted by atomic mass is 10.1. The summed E-state index contributed by atoms with van der Waals surface area (Å²) in [4.78, 5) is 26.1. The highest BCUT2D eigenvalue weighted by Crippen LogP contribution is 2.23. The number of piperidine rings is 2. The van der Waals surface area contributed by atoms with Crippen LogP contribution in [0.25, 0.3) is 5.65 Å². The first-order valence-corrected chi connectivity index (χ1v) is 10.9. The van der Waals surface area contributed by atoms with Crippen molar-refractivity contribution in [1.82, 2.24) is 24.5 Å². The monoisotopic (exact) mass is 405 g/mol. The van der Waals surface area contributed by atoms with E-state index in [-0.39, 0.29) is 5.91 Å². The quantitative estimate of drug-likeness (QED) is 0.716. The van der Waals surface area contributed by atoms with E-state index in [9.17, 15) is 4.79 Å². The normalized spacial score (nSPS) is 17.3. The molecule has 0 saturated carbocycles. The maximum Gasteiger partial charge on any atom is 0.253 e. The number of benzene rings is 1. The summed E-state index contributed by atoms with van der Waals surface area (Å²) in [6.45, 7) is 3.67. The maximum atomic E-state index is 12.7. The highest BCUT2D eigenvalue weighted by Gasteiger charge is 2.19. The number of nitrogens with zero attached hydrogens (tertiary/aromatic N) is 6. The second-order valence-corrected chi connectivity index (χ2v) is 8.06. The Hall–Kier alpha value is -3.16. The standard InChI is InChI=1S/C22H27N7O/c30-21(27-12-3-1-4-13-27)17-7-9-18(10-8-17)24-19-20-23-11-16-29(20)26-22(25-19)28-14-5-2-6-15-28/h7-11,16H,1-6,12-15H2,(H,24,25,26). The predicted octanol–water partition coefficient (Wildman–Crippen LogP) is 3.48. The number of carbonyl (C=O) groups excluding carboxylic acids is 1. The van der Waals surface area contributed by atoms with Crippen LogP contribution in [0, 0.1) is 0 Å². The van der Waals surface area contributed by atoms with Gasteiger partial charge in [0.25, 0.3) is 5.91 Å². The molecule has 8 nitrogen and oxygen atoms in total. The Kier molecular flexibility index (Phi) is 5.21. The van der Waals surface area contributed by atoms with Crippen molar-refractivity contribution < 1.29 is 4.79 Å². The molecule has 2 fully saturated rings. The molecule has 0 spiro atoms. The van der Waals surface area contributed by atoms with Gasteiger partial charge < -0.3 is 15.1 Å². The third-order valence-corrected chi connectivity index (χ3v) is 5.92. The van der Waals surface area contributed by atoms with Gasteiger partial charge in [-0.2, -0.15) is 4.98 Å². The molecule has 5 rings (SSSR count). The largest absolute Gasteiger partial charge is 0.340 e. The number of rotatable bonds is 4. The van der Waals surface area contributed by atoms with Crippen LogP contribution in [0.3, 0.4) is 0 Å². The molecular weight excluding hydrogens is 378 g/mol. The second-order valence-electron chi connectivity index (χ2n) is 8.06. The van der Waals surface area contributed by atoms with Gasteiger partial charge in [0.2, 0.25) is 5.95 Å². The minimum atomic E-state index is 0.117. The van der Waals surface area contributed by atoms with Crippen LogP contribution in [-0.2, 0) is 0 Å². The molecule has 0 radical (unpaired) electrons. The van der Waals surface area contributed by atoms with Crippen molar-refractivity contribution in [1.29, 1.82) is 0 Å². The van der Waals surface area contributed by atoms with Crippen LogP contribution in [0.15, 0.2) is 36.7 Å². The number of aromatic nitrogens is 4. The maximum absolute atomic E-state index is 12.7. The van der Waals surface area contributed by atoms with Crippen LogP contribution < -0.4 is 10.2 Å². The smallest absolute Gasteiger partial charge is 0.253 e. The van der Waals surface area contributed by atoms with Gasteiger partial charge in [0.15, 0.2) is 11.5 Å². The topological polar surface area (TPSA) is 78.7 Å².